The van der Waals surface area contributed by atoms with Gasteiger partial charge in [0, 0.05) is 0 Å². The van der Waals surface area contributed by atoms with E-state index in [4.69, 9.17) is 9.47 Å². The van der Waals surface area contributed by atoms with Gasteiger partial charge in [0.25, 0.3) is 0 Å². The molecular weight excluding hydrogens is 240 g/mol. The first-order valence-corrected chi connectivity index (χ1v) is 6.70. The van der Waals surface area contributed by atoms with Crippen molar-refractivity contribution in [2.24, 2.45) is 11.3 Å². The van der Waals surface area contributed by atoms with Crippen molar-refractivity contribution >= 4 is 0 Å². The lowest BCUT2D eigenvalue weighted by Crippen LogP contribution is -2.20. The summed E-state index contributed by atoms with van der Waals surface area (Å²) in [6, 6.07) is 5.56. The number of benzene rings is 1. The third-order valence-corrected chi connectivity index (χ3v) is 3.85. The number of hydrogen-bond acceptors (Lipinski definition) is 3. The number of aliphatic hydroxyl groups is 1. The Morgan fingerprint density at radius 2 is 1.58 bits per heavy atom. The summed E-state index contributed by atoms with van der Waals surface area (Å²) in [6.07, 6.45) is 0.0978. The first-order valence-electron chi connectivity index (χ1n) is 6.70. The normalized spacial score (nSPS) is 14.9. The first kappa shape index (κ1) is 15.8. The van der Waals surface area contributed by atoms with Crippen LogP contribution in [0.1, 0.15) is 45.8 Å². The molecule has 0 saturated heterocycles. The molecule has 0 aliphatic rings. The van der Waals surface area contributed by atoms with Crippen molar-refractivity contribution in [3.8, 4) is 11.5 Å². The highest BCUT2D eigenvalue weighted by Crippen LogP contribution is 2.40. The van der Waals surface area contributed by atoms with Crippen molar-refractivity contribution in [2.75, 3.05) is 14.2 Å². The highest BCUT2D eigenvalue weighted by molar-refractivity contribution is 5.46. The molecule has 0 aliphatic heterocycles. The summed E-state index contributed by atoms with van der Waals surface area (Å²) in [5, 5.41) is 10.5. The molecule has 1 aromatic rings. The molecule has 0 radical (unpaired) electrons. The number of ether oxygens (including phenoxy) is 2. The maximum absolute atomic E-state index is 10.5. The second-order valence-corrected chi connectivity index (χ2v) is 6.09. The zero-order valence-corrected chi connectivity index (χ0v) is 12.9. The monoisotopic (exact) mass is 266 g/mol. The molecule has 108 valence electrons. The lowest BCUT2D eigenvalue weighted by Gasteiger charge is -2.30. The largest absolute Gasteiger partial charge is 0.496 e. The van der Waals surface area contributed by atoms with Crippen LogP contribution in [-0.4, -0.2) is 19.3 Å². The van der Waals surface area contributed by atoms with E-state index in [1.54, 1.807) is 14.2 Å². The van der Waals surface area contributed by atoms with Gasteiger partial charge in [-0.05, 0) is 29.9 Å². The Morgan fingerprint density at radius 3 is 1.95 bits per heavy atom. The van der Waals surface area contributed by atoms with Crippen LogP contribution in [0, 0.1) is 11.3 Å². The summed E-state index contributed by atoms with van der Waals surface area (Å²) in [5.41, 5.74) is 0.902. The standard InChI is InChI=1S/C16H26O3/c1-11(16(2,3)4)10-12(17)15-13(18-5)8-7-9-14(15)19-6/h7-9,11-12,17H,10H2,1-6H3. The maximum atomic E-state index is 10.5. The molecule has 3 nitrogen and oxygen atoms in total. The summed E-state index contributed by atoms with van der Waals surface area (Å²) < 4.78 is 10.7. The molecule has 0 saturated carbocycles. The molecular formula is C16H26O3. The molecule has 2 unspecified atom stereocenters. The first-order chi connectivity index (χ1) is 8.81. The molecule has 0 amide bonds. The lowest BCUT2D eigenvalue weighted by molar-refractivity contribution is 0.106. The van der Waals surface area contributed by atoms with Gasteiger partial charge in [0.05, 0.1) is 25.9 Å². The number of hydrogen-bond donors (Lipinski definition) is 1. The van der Waals surface area contributed by atoms with Gasteiger partial charge in [-0.1, -0.05) is 33.8 Å². The predicted molar refractivity (Wildman–Crippen MR) is 77.7 cm³/mol. The highest BCUT2D eigenvalue weighted by Gasteiger charge is 2.26. The van der Waals surface area contributed by atoms with Gasteiger partial charge in [-0.15, -0.1) is 0 Å². The van der Waals surface area contributed by atoms with Crippen LogP contribution in [0.2, 0.25) is 0 Å². The molecule has 0 heterocycles. The Morgan fingerprint density at radius 1 is 1.11 bits per heavy atom. The van der Waals surface area contributed by atoms with Crippen LogP contribution in [0.5, 0.6) is 11.5 Å². The van der Waals surface area contributed by atoms with Crippen molar-refractivity contribution in [3.05, 3.63) is 23.8 Å². The van der Waals surface area contributed by atoms with Crippen molar-refractivity contribution in [1.29, 1.82) is 0 Å². The minimum atomic E-state index is -0.583. The van der Waals surface area contributed by atoms with Crippen LogP contribution < -0.4 is 9.47 Å². The fourth-order valence-corrected chi connectivity index (χ4v) is 2.01. The van der Waals surface area contributed by atoms with Crippen molar-refractivity contribution in [3.63, 3.8) is 0 Å². The lowest BCUT2D eigenvalue weighted by atomic mass is 9.78. The van der Waals surface area contributed by atoms with Crippen LogP contribution in [0.3, 0.4) is 0 Å². The van der Waals surface area contributed by atoms with E-state index in [1.165, 1.54) is 0 Å². The smallest absolute Gasteiger partial charge is 0.128 e. The van der Waals surface area contributed by atoms with Crippen molar-refractivity contribution in [2.45, 2.75) is 40.2 Å². The van der Waals surface area contributed by atoms with Crippen LogP contribution in [0.25, 0.3) is 0 Å². The Hall–Kier alpha value is -1.22. The maximum Gasteiger partial charge on any atom is 0.128 e. The predicted octanol–water partition coefficient (Wildman–Crippen LogP) is 3.81. The summed E-state index contributed by atoms with van der Waals surface area (Å²) in [5.74, 6) is 1.73. The molecule has 3 heteroatoms. The molecule has 19 heavy (non-hydrogen) atoms. The molecule has 0 aliphatic carbocycles. The summed E-state index contributed by atoms with van der Waals surface area (Å²) >= 11 is 0. The number of rotatable bonds is 5. The van der Waals surface area contributed by atoms with Crippen molar-refractivity contribution in [1.82, 2.24) is 0 Å². The summed E-state index contributed by atoms with van der Waals surface area (Å²) in [7, 11) is 3.22. The Balaban J connectivity index is 3.01. The Labute approximate surface area is 116 Å². The van der Waals surface area contributed by atoms with E-state index in [-0.39, 0.29) is 5.41 Å². The van der Waals surface area contributed by atoms with Crippen LogP contribution >= 0.6 is 0 Å². The van der Waals surface area contributed by atoms with E-state index in [1.807, 2.05) is 18.2 Å². The molecule has 1 N–H and O–H groups in total. The van der Waals surface area contributed by atoms with Gasteiger partial charge in [-0.25, -0.2) is 0 Å². The van der Waals surface area contributed by atoms with E-state index in [0.29, 0.717) is 23.8 Å². The third kappa shape index (κ3) is 3.87. The third-order valence-electron chi connectivity index (χ3n) is 3.85. The molecule has 0 aromatic heterocycles. The van der Waals surface area contributed by atoms with Crippen LogP contribution in [0.4, 0.5) is 0 Å². The average molecular weight is 266 g/mol. The van der Waals surface area contributed by atoms with Crippen LogP contribution in [0.15, 0.2) is 18.2 Å². The zero-order chi connectivity index (χ0) is 14.6. The minimum absolute atomic E-state index is 0.163. The number of aliphatic hydroxyl groups excluding tert-OH is 1. The second kappa shape index (κ2) is 6.29. The topological polar surface area (TPSA) is 38.7 Å². The van der Waals surface area contributed by atoms with E-state index >= 15 is 0 Å². The van der Waals surface area contributed by atoms with E-state index in [0.717, 1.165) is 5.56 Å². The molecule has 2 atom stereocenters. The highest BCUT2D eigenvalue weighted by atomic mass is 16.5. The van der Waals surface area contributed by atoms with E-state index < -0.39 is 6.10 Å². The van der Waals surface area contributed by atoms with Gasteiger partial charge in [0.2, 0.25) is 0 Å². The molecule has 0 fully saturated rings. The Kier molecular flexibility index (Phi) is 5.24. The molecule has 0 spiro atoms. The average Bonchev–Trinajstić information content (AvgIpc) is 2.36. The van der Waals surface area contributed by atoms with Crippen molar-refractivity contribution < 1.29 is 14.6 Å². The summed E-state index contributed by atoms with van der Waals surface area (Å²) in [6.45, 7) is 8.71. The van der Waals surface area contributed by atoms with Gasteiger partial charge in [-0.3, -0.25) is 0 Å². The van der Waals surface area contributed by atoms with Gasteiger partial charge < -0.3 is 14.6 Å². The molecule has 1 rings (SSSR count). The second-order valence-electron chi connectivity index (χ2n) is 6.09. The van der Waals surface area contributed by atoms with Gasteiger partial charge >= 0.3 is 0 Å². The fraction of sp³-hybridized carbons (Fsp3) is 0.625. The quantitative estimate of drug-likeness (QED) is 0.880. The zero-order valence-electron chi connectivity index (χ0n) is 12.9. The minimum Gasteiger partial charge on any atom is -0.496 e. The molecule has 0 bridgehead atoms. The van der Waals surface area contributed by atoms with Gasteiger partial charge in [-0.2, -0.15) is 0 Å². The summed E-state index contributed by atoms with van der Waals surface area (Å²) in [4.78, 5) is 0. The fourth-order valence-electron chi connectivity index (χ4n) is 2.01. The SMILES string of the molecule is COc1cccc(OC)c1C(O)CC(C)C(C)(C)C. The Bertz CT molecular complexity index is 385. The van der Waals surface area contributed by atoms with E-state index in [2.05, 4.69) is 27.7 Å². The van der Waals surface area contributed by atoms with E-state index in [9.17, 15) is 5.11 Å². The van der Waals surface area contributed by atoms with Crippen LogP contribution in [-0.2, 0) is 0 Å². The van der Waals surface area contributed by atoms with Gasteiger partial charge in [0.15, 0.2) is 0 Å². The number of methoxy groups -OCH3 is 2. The molecule has 1 aromatic carbocycles. The van der Waals surface area contributed by atoms with Gasteiger partial charge in [0.1, 0.15) is 11.5 Å².